The Kier molecular flexibility index (Phi) is 8.56. The molecule has 1 aromatic carbocycles. The number of likely N-dealkylation sites (tertiary alicyclic amines) is 1. The number of aldehydes is 1. The fraction of sp³-hybridized carbons (Fsp3) is 0.621. The number of hydrogen-bond donors (Lipinski definition) is 0. The molecule has 0 N–H and O–H groups in total. The van der Waals surface area contributed by atoms with E-state index in [0.717, 1.165) is 69.8 Å². The molecule has 3 atom stereocenters. The van der Waals surface area contributed by atoms with Crippen LogP contribution in [0.1, 0.15) is 97.5 Å². The second-order valence-corrected chi connectivity index (χ2v) is 10.6. The van der Waals surface area contributed by atoms with Crippen LogP contribution < -0.4 is 0 Å². The highest BCUT2D eigenvalue weighted by atomic mass is 16.5. The Labute approximate surface area is 219 Å². The number of carbonyl (C=O) groups is 2. The summed E-state index contributed by atoms with van der Waals surface area (Å²) in [5, 5.41) is 4.58. The van der Waals surface area contributed by atoms with Gasteiger partial charge in [0.25, 0.3) is 0 Å². The molecular weight excluding hydrogens is 470 g/mol. The number of rotatable bonds is 7. The first-order chi connectivity index (χ1) is 18.2. The highest BCUT2D eigenvalue weighted by molar-refractivity contribution is 5.76. The van der Waals surface area contributed by atoms with Gasteiger partial charge in [-0.15, -0.1) is 0 Å². The summed E-state index contributed by atoms with van der Waals surface area (Å²) in [6.07, 6.45) is 11.0. The maximum absolute atomic E-state index is 12.8. The monoisotopic (exact) mass is 509 g/mol. The van der Waals surface area contributed by atoms with Crippen molar-refractivity contribution in [3.63, 3.8) is 0 Å². The van der Waals surface area contributed by atoms with E-state index >= 15 is 0 Å². The summed E-state index contributed by atoms with van der Waals surface area (Å²) >= 11 is 0. The zero-order valence-corrected chi connectivity index (χ0v) is 21.8. The summed E-state index contributed by atoms with van der Waals surface area (Å²) < 4.78 is 19.6. The third kappa shape index (κ3) is 5.75. The summed E-state index contributed by atoms with van der Waals surface area (Å²) in [7, 11) is 1.42. The van der Waals surface area contributed by atoms with Gasteiger partial charge in [-0.2, -0.15) is 5.10 Å². The summed E-state index contributed by atoms with van der Waals surface area (Å²) in [4.78, 5) is 26.7. The van der Waals surface area contributed by atoms with E-state index in [0.29, 0.717) is 31.2 Å². The highest BCUT2D eigenvalue weighted by Gasteiger charge is 2.40. The van der Waals surface area contributed by atoms with E-state index in [9.17, 15) is 9.59 Å². The Bertz CT molecular complexity index is 1030. The molecule has 2 aliphatic heterocycles. The van der Waals surface area contributed by atoms with Gasteiger partial charge >= 0.3 is 6.09 Å². The summed E-state index contributed by atoms with van der Waals surface area (Å²) in [5.41, 5.74) is 2.83. The van der Waals surface area contributed by atoms with E-state index in [1.807, 2.05) is 4.68 Å². The first-order valence-corrected chi connectivity index (χ1v) is 13.8. The van der Waals surface area contributed by atoms with Crippen LogP contribution in [0.25, 0.3) is 0 Å². The van der Waals surface area contributed by atoms with Crippen LogP contribution in [-0.4, -0.2) is 66.1 Å². The van der Waals surface area contributed by atoms with Crippen molar-refractivity contribution < 1.29 is 23.8 Å². The number of carbonyl (C=O) groups excluding carboxylic acids is 2. The third-order valence-electron chi connectivity index (χ3n) is 8.41. The average molecular weight is 510 g/mol. The zero-order chi connectivity index (χ0) is 25.6. The topological polar surface area (TPSA) is 82.9 Å². The molecule has 200 valence electrons. The van der Waals surface area contributed by atoms with Gasteiger partial charge in [0.15, 0.2) is 6.29 Å². The third-order valence-corrected chi connectivity index (χ3v) is 8.41. The molecule has 37 heavy (non-hydrogen) atoms. The number of benzene rings is 1. The van der Waals surface area contributed by atoms with Crippen LogP contribution in [0, 0.1) is 0 Å². The Morgan fingerprint density at radius 3 is 2.59 bits per heavy atom. The van der Waals surface area contributed by atoms with Gasteiger partial charge in [0.05, 0.1) is 43.3 Å². The molecule has 2 saturated heterocycles. The Hall–Kier alpha value is -2.71. The molecule has 3 fully saturated rings. The van der Waals surface area contributed by atoms with Crippen molar-refractivity contribution in [1.82, 2.24) is 14.7 Å². The molecule has 1 saturated carbocycles. The minimum atomic E-state index is -0.348. The van der Waals surface area contributed by atoms with E-state index in [4.69, 9.17) is 14.2 Å². The fourth-order valence-electron chi connectivity index (χ4n) is 6.45. The Balaban J connectivity index is 1.33. The van der Waals surface area contributed by atoms with E-state index in [-0.39, 0.29) is 30.4 Å². The number of ether oxygens (including phenoxy) is 3. The number of aromatic nitrogens is 2. The summed E-state index contributed by atoms with van der Waals surface area (Å²) in [6.45, 7) is 1.72. The first kappa shape index (κ1) is 25.9. The molecule has 8 heteroatoms. The van der Waals surface area contributed by atoms with Crippen LogP contribution >= 0.6 is 0 Å². The molecule has 5 rings (SSSR count). The van der Waals surface area contributed by atoms with Gasteiger partial charge in [-0.25, -0.2) is 9.48 Å². The van der Waals surface area contributed by atoms with Crippen LogP contribution in [-0.2, 0) is 14.2 Å². The van der Waals surface area contributed by atoms with E-state index < -0.39 is 0 Å². The standard InChI is InChI=1S/C29H39N3O5/c1-35-29(34)31-16-7-10-25(28-23(19-33)18-30-32(28)27-11-5-6-17-36-27)26(31)20-37-24-14-12-22(13-15-24)21-8-3-2-4-9-21/h2-4,8-9,18-19,22,24-27H,5-7,10-17,20H2,1H3. The fourth-order valence-corrected chi connectivity index (χ4v) is 6.45. The zero-order valence-electron chi connectivity index (χ0n) is 21.8. The van der Waals surface area contributed by atoms with Crippen LogP contribution in [0.2, 0.25) is 0 Å². The second-order valence-electron chi connectivity index (χ2n) is 10.6. The lowest BCUT2D eigenvalue weighted by atomic mass is 9.82. The molecule has 0 bridgehead atoms. The highest BCUT2D eigenvalue weighted by Crippen LogP contribution is 2.39. The van der Waals surface area contributed by atoms with Gasteiger partial charge in [0.2, 0.25) is 0 Å². The van der Waals surface area contributed by atoms with Crippen molar-refractivity contribution >= 4 is 12.4 Å². The maximum Gasteiger partial charge on any atom is 0.409 e. The van der Waals surface area contributed by atoms with Crippen molar-refractivity contribution in [2.45, 2.75) is 88.0 Å². The molecule has 0 spiro atoms. The normalized spacial score (nSPS) is 28.6. The minimum Gasteiger partial charge on any atom is -0.453 e. The van der Waals surface area contributed by atoms with Gasteiger partial charge < -0.3 is 19.1 Å². The SMILES string of the molecule is COC(=O)N1CCCC(c2c(C=O)cnn2C2CCCCO2)C1COC1CCC(c2ccccc2)CC1. The molecule has 3 heterocycles. The average Bonchev–Trinajstić information content (AvgIpc) is 3.41. The molecule has 1 aromatic heterocycles. The summed E-state index contributed by atoms with van der Waals surface area (Å²) in [5.74, 6) is 0.497. The minimum absolute atomic E-state index is 0.0817. The molecule has 2 aromatic rings. The molecule has 0 radical (unpaired) electrons. The van der Waals surface area contributed by atoms with Crippen molar-refractivity contribution in [1.29, 1.82) is 0 Å². The molecule has 3 unspecified atom stereocenters. The lowest BCUT2D eigenvalue weighted by molar-refractivity contribution is -0.0467. The van der Waals surface area contributed by atoms with Gasteiger partial charge in [-0.05, 0) is 69.3 Å². The van der Waals surface area contributed by atoms with Crippen molar-refractivity contribution in [2.24, 2.45) is 0 Å². The van der Waals surface area contributed by atoms with Crippen LogP contribution in [0.15, 0.2) is 36.5 Å². The van der Waals surface area contributed by atoms with Crippen molar-refractivity contribution in [3.05, 3.63) is 53.3 Å². The number of amides is 1. The van der Waals surface area contributed by atoms with Crippen LogP contribution in [0.5, 0.6) is 0 Å². The number of methoxy groups -OCH3 is 1. The van der Waals surface area contributed by atoms with Crippen molar-refractivity contribution in [3.8, 4) is 0 Å². The number of hydrogen-bond acceptors (Lipinski definition) is 6. The number of piperidine rings is 1. The van der Waals surface area contributed by atoms with Crippen LogP contribution in [0.4, 0.5) is 4.79 Å². The second kappa shape index (κ2) is 12.2. The van der Waals surface area contributed by atoms with E-state index in [1.54, 1.807) is 11.1 Å². The smallest absolute Gasteiger partial charge is 0.409 e. The maximum atomic E-state index is 12.8. The number of nitrogens with zero attached hydrogens (tertiary/aromatic N) is 3. The molecular formula is C29H39N3O5. The lowest BCUT2D eigenvalue weighted by Crippen LogP contribution is -2.51. The Morgan fingerprint density at radius 2 is 1.89 bits per heavy atom. The van der Waals surface area contributed by atoms with Crippen molar-refractivity contribution in [2.75, 3.05) is 26.9 Å². The molecule has 1 amide bonds. The predicted octanol–water partition coefficient (Wildman–Crippen LogP) is 5.45. The van der Waals surface area contributed by atoms with Gasteiger partial charge in [-0.1, -0.05) is 30.3 Å². The van der Waals surface area contributed by atoms with E-state index in [2.05, 4.69) is 35.4 Å². The van der Waals surface area contributed by atoms with E-state index in [1.165, 1.54) is 12.7 Å². The van der Waals surface area contributed by atoms with Gasteiger partial charge in [0, 0.05) is 19.1 Å². The van der Waals surface area contributed by atoms with Gasteiger partial charge in [0.1, 0.15) is 6.23 Å². The summed E-state index contributed by atoms with van der Waals surface area (Å²) in [6, 6.07) is 10.5. The largest absolute Gasteiger partial charge is 0.453 e. The quantitative estimate of drug-likeness (QED) is 0.462. The first-order valence-electron chi connectivity index (χ1n) is 13.8. The lowest BCUT2D eigenvalue weighted by Gasteiger charge is -2.42. The Morgan fingerprint density at radius 1 is 1.08 bits per heavy atom. The molecule has 8 nitrogen and oxygen atoms in total. The molecule has 3 aliphatic rings. The molecule has 1 aliphatic carbocycles. The van der Waals surface area contributed by atoms with Crippen LogP contribution in [0.3, 0.4) is 0 Å². The predicted molar refractivity (Wildman–Crippen MR) is 139 cm³/mol. The van der Waals surface area contributed by atoms with Gasteiger partial charge in [-0.3, -0.25) is 4.79 Å².